The third kappa shape index (κ3) is 5.90. The Kier molecular flexibility index (Phi) is 8.40. The lowest BCUT2D eigenvalue weighted by atomic mass is 9.83. The van der Waals surface area contributed by atoms with Crippen molar-refractivity contribution in [2.24, 2.45) is 5.92 Å². The van der Waals surface area contributed by atoms with Crippen molar-refractivity contribution in [2.45, 2.75) is 51.4 Å². The highest BCUT2D eigenvalue weighted by Gasteiger charge is 2.47. The number of hydrogen-bond donors (Lipinski definition) is 1. The van der Waals surface area contributed by atoms with Crippen molar-refractivity contribution in [1.82, 2.24) is 4.90 Å². The Hall–Kier alpha value is -3.93. The largest absolute Gasteiger partial charge is 0.489 e. The first-order valence-electron chi connectivity index (χ1n) is 13.6. The lowest BCUT2D eigenvalue weighted by molar-refractivity contribution is -0.174. The summed E-state index contributed by atoms with van der Waals surface area (Å²) in [6.07, 6.45) is -1.05. The molecule has 1 amide bonds. The molecular formula is C34H35NO4. The van der Waals surface area contributed by atoms with E-state index in [4.69, 9.17) is 9.47 Å². The summed E-state index contributed by atoms with van der Waals surface area (Å²) in [5.41, 5.74) is 3.98. The van der Waals surface area contributed by atoms with Crippen LogP contribution in [0, 0.1) is 5.92 Å². The maximum Gasteiger partial charge on any atom is 0.241 e. The molecule has 5 nitrogen and oxygen atoms in total. The molecule has 1 saturated heterocycles. The number of benzene rings is 4. The SMILES string of the molecule is CCC(c1cccc(OCc2ccccc2)c1)C(C)C(=O)N1C(O)OC(c2ccccc2)C1c1ccccc1. The van der Waals surface area contributed by atoms with Crippen LogP contribution in [-0.2, 0) is 16.1 Å². The molecule has 1 heterocycles. The predicted octanol–water partition coefficient (Wildman–Crippen LogP) is 7.01. The molecule has 0 spiro atoms. The van der Waals surface area contributed by atoms with Crippen LogP contribution in [0.1, 0.15) is 60.6 Å². The maximum atomic E-state index is 14.1. The van der Waals surface area contributed by atoms with Gasteiger partial charge in [0.15, 0.2) is 0 Å². The van der Waals surface area contributed by atoms with Gasteiger partial charge < -0.3 is 14.6 Å². The first-order chi connectivity index (χ1) is 19.1. The van der Waals surface area contributed by atoms with Gasteiger partial charge in [0.1, 0.15) is 18.5 Å². The van der Waals surface area contributed by atoms with E-state index in [1.54, 1.807) is 0 Å². The second-order valence-corrected chi connectivity index (χ2v) is 10.0. The monoisotopic (exact) mass is 521 g/mol. The Balaban J connectivity index is 1.40. The number of hydrogen-bond acceptors (Lipinski definition) is 4. The molecule has 5 heteroatoms. The molecule has 0 radical (unpaired) electrons. The molecule has 5 rings (SSSR count). The zero-order valence-corrected chi connectivity index (χ0v) is 22.4. The Morgan fingerprint density at radius 1 is 0.872 bits per heavy atom. The molecule has 0 bridgehead atoms. The van der Waals surface area contributed by atoms with Crippen molar-refractivity contribution in [2.75, 3.05) is 0 Å². The van der Waals surface area contributed by atoms with Gasteiger partial charge in [-0.25, -0.2) is 0 Å². The van der Waals surface area contributed by atoms with E-state index < -0.39 is 24.5 Å². The Morgan fingerprint density at radius 2 is 1.49 bits per heavy atom. The highest BCUT2D eigenvalue weighted by molar-refractivity contribution is 5.80. The smallest absolute Gasteiger partial charge is 0.241 e. The third-order valence-electron chi connectivity index (χ3n) is 7.58. The molecule has 5 unspecified atom stereocenters. The number of amides is 1. The van der Waals surface area contributed by atoms with Gasteiger partial charge >= 0.3 is 0 Å². The van der Waals surface area contributed by atoms with Crippen molar-refractivity contribution in [1.29, 1.82) is 0 Å². The second kappa shape index (κ2) is 12.3. The van der Waals surface area contributed by atoms with Crippen LogP contribution in [0.2, 0.25) is 0 Å². The van der Waals surface area contributed by atoms with Gasteiger partial charge in [-0.05, 0) is 46.7 Å². The highest BCUT2D eigenvalue weighted by atomic mass is 16.6. The van der Waals surface area contributed by atoms with Gasteiger partial charge in [0.25, 0.3) is 0 Å². The van der Waals surface area contributed by atoms with Gasteiger partial charge in [0.2, 0.25) is 12.3 Å². The molecule has 0 aliphatic carbocycles. The molecule has 1 N–H and O–H groups in total. The van der Waals surface area contributed by atoms with Gasteiger partial charge in [-0.3, -0.25) is 9.69 Å². The third-order valence-corrected chi connectivity index (χ3v) is 7.58. The number of ether oxygens (including phenoxy) is 2. The van der Waals surface area contributed by atoms with E-state index in [0.29, 0.717) is 6.61 Å². The van der Waals surface area contributed by atoms with Crippen molar-refractivity contribution in [3.05, 3.63) is 138 Å². The minimum absolute atomic E-state index is 0.0582. The zero-order chi connectivity index (χ0) is 27.2. The summed E-state index contributed by atoms with van der Waals surface area (Å²) >= 11 is 0. The molecule has 1 aliphatic rings. The number of aliphatic hydroxyl groups is 1. The summed E-state index contributed by atoms with van der Waals surface area (Å²) in [5, 5.41) is 11.1. The molecular weight excluding hydrogens is 486 g/mol. The van der Waals surface area contributed by atoms with E-state index in [1.807, 2.05) is 122 Å². The fourth-order valence-electron chi connectivity index (χ4n) is 5.55. The van der Waals surface area contributed by atoms with Crippen molar-refractivity contribution in [3.63, 3.8) is 0 Å². The summed E-state index contributed by atoms with van der Waals surface area (Å²) in [6, 6.07) is 37.2. The van der Waals surface area contributed by atoms with Crippen LogP contribution in [0.15, 0.2) is 115 Å². The summed E-state index contributed by atoms with van der Waals surface area (Å²) in [6.45, 7) is 4.51. The van der Waals surface area contributed by atoms with Crippen LogP contribution in [0.3, 0.4) is 0 Å². The van der Waals surface area contributed by atoms with Crippen LogP contribution >= 0.6 is 0 Å². The number of nitrogens with zero attached hydrogens (tertiary/aromatic N) is 1. The predicted molar refractivity (Wildman–Crippen MR) is 152 cm³/mol. The van der Waals surface area contributed by atoms with Crippen LogP contribution < -0.4 is 4.74 Å². The van der Waals surface area contributed by atoms with Gasteiger partial charge in [0.05, 0.1) is 6.04 Å². The summed E-state index contributed by atoms with van der Waals surface area (Å²) in [5.74, 6) is 0.179. The van der Waals surface area contributed by atoms with E-state index in [-0.39, 0.29) is 11.8 Å². The lowest BCUT2D eigenvalue weighted by Crippen LogP contribution is -2.42. The molecule has 0 saturated carbocycles. The van der Waals surface area contributed by atoms with E-state index in [1.165, 1.54) is 4.90 Å². The van der Waals surface area contributed by atoms with Crippen molar-refractivity contribution < 1.29 is 19.4 Å². The van der Waals surface area contributed by atoms with E-state index >= 15 is 0 Å². The normalized spacial score (nSPS) is 20.4. The number of carbonyl (C=O) groups is 1. The number of aliphatic hydroxyl groups excluding tert-OH is 1. The average Bonchev–Trinajstić information content (AvgIpc) is 3.34. The summed E-state index contributed by atoms with van der Waals surface area (Å²) < 4.78 is 12.1. The summed E-state index contributed by atoms with van der Waals surface area (Å²) in [7, 11) is 0. The van der Waals surface area contributed by atoms with Gasteiger partial charge in [-0.15, -0.1) is 0 Å². The molecule has 4 aromatic carbocycles. The quantitative estimate of drug-likeness (QED) is 0.257. The fourth-order valence-corrected chi connectivity index (χ4v) is 5.55. The average molecular weight is 522 g/mol. The molecule has 1 aliphatic heterocycles. The zero-order valence-electron chi connectivity index (χ0n) is 22.4. The molecule has 5 atom stereocenters. The molecule has 1 fully saturated rings. The van der Waals surface area contributed by atoms with E-state index in [0.717, 1.165) is 34.4 Å². The second-order valence-electron chi connectivity index (χ2n) is 10.0. The molecule has 4 aromatic rings. The standard InChI is InChI=1S/C34H35NO4/c1-3-30(28-20-13-21-29(22-28)38-23-25-14-7-4-8-15-25)24(2)33(36)35-31(26-16-9-5-10-17-26)32(39-34(35)37)27-18-11-6-12-19-27/h4-22,24,30-32,34,37H,3,23H2,1-2H3. The first kappa shape index (κ1) is 26.7. The van der Waals surface area contributed by atoms with E-state index in [2.05, 4.69) is 6.92 Å². The first-order valence-corrected chi connectivity index (χ1v) is 13.6. The minimum atomic E-state index is -1.34. The topological polar surface area (TPSA) is 59.0 Å². The van der Waals surface area contributed by atoms with Crippen LogP contribution in [-0.4, -0.2) is 22.3 Å². The van der Waals surface area contributed by atoms with Crippen LogP contribution in [0.5, 0.6) is 5.75 Å². The highest BCUT2D eigenvalue weighted by Crippen LogP contribution is 2.46. The number of carbonyl (C=O) groups excluding carboxylic acids is 1. The van der Waals surface area contributed by atoms with Crippen LogP contribution in [0.4, 0.5) is 0 Å². The fraction of sp³-hybridized carbons (Fsp3) is 0.265. The lowest BCUT2D eigenvalue weighted by Gasteiger charge is -2.32. The van der Waals surface area contributed by atoms with Gasteiger partial charge in [-0.2, -0.15) is 0 Å². The summed E-state index contributed by atoms with van der Waals surface area (Å²) in [4.78, 5) is 15.7. The van der Waals surface area contributed by atoms with E-state index in [9.17, 15) is 9.90 Å². The van der Waals surface area contributed by atoms with Crippen molar-refractivity contribution in [3.8, 4) is 5.75 Å². The molecule has 39 heavy (non-hydrogen) atoms. The minimum Gasteiger partial charge on any atom is -0.489 e. The Morgan fingerprint density at radius 3 is 2.13 bits per heavy atom. The number of rotatable bonds is 9. The molecule has 0 aromatic heterocycles. The maximum absolute atomic E-state index is 14.1. The Labute approximate surface area is 230 Å². The van der Waals surface area contributed by atoms with Gasteiger partial charge in [0, 0.05) is 5.92 Å². The molecule has 200 valence electrons. The Bertz CT molecular complexity index is 1350. The van der Waals surface area contributed by atoms with Crippen LogP contribution in [0.25, 0.3) is 0 Å². The van der Waals surface area contributed by atoms with Gasteiger partial charge in [-0.1, -0.05) is 117 Å². The van der Waals surface area contributed by atoms with Crippen molar-refractivity contribution >= 4 is 5.91 Å².